The van der Waals surface area contributed by atoms with Crippen molar-refractivity contribution in [2.24, 2.45) is 0 Å². The Balaban J connectivity index is 1.86. The van der Waals surface area contributed by atoms with E-state index in [1.54, 1.807) is 21.3 Å². The summed E-state index contributed by atoms with van der Waals surface area (Å²) in [6.07, 6.45) is 3.70. The number of ether oxygens (including phenoxy) is 6. The SMILES string of the molecule is COC1(OC)OCCC[C@@]1(CCCOCC1CO1)OC. The molecule has 0 aromatic heterocycles. The summed E-state index contributed by atoms with van der Waals surface area (Å²) < 4.78 is 33.2. The molecule has 0 amide bonds. The van der Waals surface area contributed by atoms with Crippen LogP contribution in [-0.4, -0.2) is 65.4 Å². The molecule has 1 unspecified atom stereocenters. The Morgan fingerprint density at radius 1 is 1.15 bits per heavy atom. The van der Waals surface area contributed by atoms with E-state index in [9.17, 15) is 0 Å². The van der Waals surface area contributed by atoms with Crippen molar-refractivity contribution < 1.29 is 28.4 Å². The molecule has 118 valence electrons. The van der Waals surface area contributed by atoms with Crippen molar-refractivity contribution in [2.45, 2.75) is 43.4 Å². The van der Waals surface area contributed by atoms with Gasteiger partial charge in [0.25, 0.3) is 0 Å². The number of methoxy groups -OCH3 is 3. The molecule has 20 heavy (non-hydrogen) atoms. The number of hydrogen-bond acceptors (Lipinski definition) is 6. The highest BCUT2D eigenvalue weighted by Gasteiger charge is 2.56. The molecule has 0 bridgehead atoms. The van der Waals surface area contributed by atoms with Crippen LogP contribution in [0.25, 0.3) is 0 Å². The average molecular weight is 290 g/mol. The maximum atomic E-state index is 5.76. The van der Waals surface area contributed by atoms with Gasteiger partial charge in [0, 0.05) is 27.9 Å². The number of rotatable bonds is 9. The molecule has 2 rings (SSSR count). The van der Waals surface area contributed by atoms with Crippen molar-refractivity contribution in [3.63, 3.8) is 0 Å². The Kier molecular flexibility index (Phi) is 5.77. The predicted octanol–water partition coefficient (Wildman–Crippen LogP) is 1.32. The van der Waals surface area contributed by atoms with E-state index in [0.29, 0.717) is 25.9 Å². The lowest BCUT2D eigenvalue weighted by molar-refractivity contribution is -0.445. The minimum Gasteiger partial charge on any atom is -0.379 e. The van der Waals surface area contributed by atoms with E-state index >= 15 is 0 Å². The smallest absolute Gasteiger partial charge is 0.313 e. The van der Waals surface area contributed by atoms with Gasteiger partial charge >= 0.3 is 5.97 Å². The molecule has 2 atom stereocenters. The van der Waals surface area contributed by atoms with Gasteiger partial charge in [-0.2, -0.15) is 0 Å². The maximum Gasteiger partial charge on any atom is 0.313 e. The van der Waals surface area contributed by atoms with Crippen molar-refractivity contribution in [1.29, 1.82) is 0 Å². The molecule has 0 spiro atoms. The second kappa shape index (κ2) is 7.15. The summed E-state index contributed by atoms with van der Waals surface area (Å²) in [6, 6.07) is 0. The molecule has 2 aliphatic rings. The van der Waals surface area contributed by atoms with Gasteiger partial charge in [0.1, 0.15) is 11.7 Å². The number of hydrogen-bond donors (Lipinski definition) is 0. The summed E-state index contributed by atoms with van der Waals surface area (Å²) in [4.78, 5) is 0. The Hall–Kier alpha value is -0.240. The molecule has 2 heterocycles. The molecule has 0 aliphatic carbocycles. The fourth-order valence-corrected chi connectivity index (χ4v) is 2.87. The summed E-state index contributed by atoms with van der Waals surface area (Å²) in [6.45, 7) is 2.79. The highest BCUT2D eigenvalue weighted by Crippen LogP contribution is 2.42. The molecule has 2 saturated heterocycles. The standard InChI is InChI=1S/C14H26O6/c1-15-13(6-4-8-18-10-12-11-19-12)7-5-9-20-14(13,16-2)17-3/h12H,4-11H2,1-3H3/t12?,13-/m1/s1. The topological polar surface area (TPSA) is 58.7 Å². The van der Waals surface area contributed by atoms with Crippen LogP contribution in [0.3, 0.4) is 0 Å². The van der Waals surface area contributed by atoms with Crippen LogP contribution in [0.4, 0.5) is 0 Å². The third-order valence-electron chi connectivity index (χ3n) is 4.08. The van der Waals surface area contributed by atoms with Gasteiger partial charge in [0.15, 0.2) is 0 Å². The van der Waals surface area contributed by atoms with Crippen LogP contribution >= 0.6 is 0 Å². The minimum absolute atomic E-state index is 0.307. The Morgan fingerprint density at radius 3 is 2.50 bits per heavy atom. The molecule has 0 radical (unpaired) electrons. The predicted molar refractivity (Wildman–Crippen MR) is 71.5 cm³/mol. The van der Waals surface area contributed by atoms with Crippen LogP contribution in [0.15, 0.2) is 0 Å². The first-order valence-electron chi connectivity index (χ1n) is 7.21. The van der Waals surface area contributed by atoms with Crippen LogP contribution in [-0.2, 0) is 28.4 Å². The van der Waals surface area contributed by atoms with Crippen LogP contribution in [0, 0.1) is 0 Å². The Bertz CT molecular complexity index is 289. The van der Waals surface area contributed by atoms with Crippen LogP contribution in [0.1, 0.15) is 25.7 Å². The van der Waals surface area contributed by atoms with Crippen LogP contribution < -0.4 is 0 Å². The van der Waals surface area contributed by atoms with Gasteiger partial charge in [0.2, 0.25) is 0 Å². The van der Waals surface area contributed by atoms with Crippen molar-refractivity contribution in [1.82, 2.24) is 0 Å². The fourth-order valence-electron chi connectivity index (χ4n) is 2.87. The van der Waals surface area contributed by atoms with Gasteiger partial charge < -0.3 is 28.4 Å². The average Bonchev–Trinajstić information content (AvgIpc) is 3.31. The van der Waals surface area contributed by atoms with E-state index in [1.165, 1.54) is 0 Å². The van der Waals surface area contributed by atoms with E-state index in [4.69, 9.17) is 28.4 Å². The van der Waals surface area contributed by atoms with Crippen molar-refractivity contribution in [3.05, 3.63) is 0 Å². The minimum atomic E-state index is -1.13. The van der Waals surface area contributed by atoms with Gasteiger partial charge in [-0.3, -0.25) is 0 Å². The first kappa shape index (κ1) is 16.1. The second-order valence-corrected chi connectivity index (χ2v) is 5.25. The number of epoxide rings is 1. The van der Waals surface area contributed by atoms with E-state index in [-0.39, 0.29) is 0 Å². The zero-order chi connectivity index (χ0) is 14.5. The third-order valence-corrected chi connectivity index (χ3v) is 4.08. The highest BCUT2D eigenvalue weighted by atomic mass is 16.9. The molecule has 0 aromatic carbocycles. The van der Waals surface area contributed by atoms with Crippen LogP contribution in [0.5, 0.6) is 0 Å². The van der Waals surface area contributed by atoms with E-state index < -0.39 is 11.6 Å². The first-order chi connectivity index (χ1) is 9.72. The summed E-state index contributed by atoms with van der Waals surface area (Å²) in [5, 5.41) is 0. The maximum absolute atomic E-state index is 5.76. The largest absolute Gasteiger partial charge is 0.379 e. The molecule has 6 heteroatoms. The van der Waals surface area contributed by atoms with Crippen molar-refractivity contribution >= 4 is 0 Å². The highest BCUT2D eigenvalue weighted by molar-refractivity contribution is 4.93. The van der Waals surface area contributed by atoms with E-state index in [1.807, 2.05) is 0 Å². The zero-order valence-corrected chi connectivity index (χ0v) is 12.7. The van der Waals surface area contributed by atoms with Gasteiger partial charge in [-0.05, 0) is 25.7 Å². The Labute approximate surface area is 120 Å². The Morgan fingerprint density at radius 2 is 1.90 bits per heavy atom. The fraction of sp³-hybridized carbons (Fsp3) is 1.00. The summed E-state index contributed by atoms with van der Waals surface area (Å²) >= 11 is 0. The van der Waals surface area contributed by atoms with Gasteiger partial charge in [-0.15, -0.1) is 0 Å². The van der Waals surface area contributed by atoms with Gasteiger partial charge in [0.05, 0.1) is 19.8 Å². The van der Waals surface area contributed by atoms with Gasteiger partial charge in [-0.25, -0.2) is 0 Å². The lowest BCUT2D eigenvalue weighted by atomic mass is 9.87. The molecule has 0 aromatic rings. The third kappa shape index (κ3) is 3.32. The molecule has 2 aliphatic heterocycles. The summed E-state index contributed by atoms with van der Waals surface area (Å²) in [7, 11) is 4.85. The van der Waals surface area contributed by atoms with Crippen molar-refractivity contribution in [2.75, 3.05) is 47.8 Å². The zero-order valence-electron chi connectivity index (χ0n) is 12.7. The molecule has 0 N–H and O–H groups in total. The molecule has 0 saturated carbocycles. The van der Waals surface area contributed by atoms with E-state index in [2.05, 4.69) is 0 Å². The normalized spacial score (nSPS) is 32.2. The van der Waals surface area contributed by atoms with Gasteiger partial charge in [-0.1, -0.05) is 0 Å². The van der Waals surface area contributed by atoms with Crippen LogP contribution in [0.2, 0.25) is 0 Å². The molecular weight excluding hydrogens is 264 g/mol. The van der Waals surface area contributed by atoms with E-state index in [0.717, 1.165) is 32.3 Å². The summed E-state index contributed by atoms with van der Waals surface area (Å²) in [5.74, 6) is -1.13. The molecular formula is C14H26O6. The molecule has 2 fully saturated rings. The lowest BCUT2D eigenvalue weighted by Crippen LogP contribution is -2.62. The summed E-state index contributed by atoms with van der Waals surface area (Å²) in [5.41, 5.74) is -0.589. The quantitative estimate of drug-likeness (QED) is 0.363. The van der Waals surface area contributed by atoms with Crippen molar-refractivity contribution in [3.8, 4) is 0 Å². The first-order valence-corrected chi connectivity index (χ1v) is 7.21. The monoisotopic (exact) mass is 290 g/mol. The lowest BCUT2D eigenvalue weighted by Gasteiger charge is -2.49. The molecule has 6 nitrogen and oxygen atoms in total. The second-order valence-electron chi connectivity index (χ2n) is 5.25.